The molecule has 3 rings (SSSR count). The van der Waals surface area contributed by atoms with E-state index in [2.05, 4.69) is 5.32 Å². The molecule has 0 aromatic heterocycles. The summed E-state index contributed by atoms with van der Waals surface area (Å²) in [5.74, 6) is -3.19. The van der Waals surface area contributed by atoms with Gasteiger partial charge in [0, 0.05) is 5.02 Å². The van der Waals surface area contributed by atoms with Gasteiger partial charge in [0.2, 0.25) is 0 Å². The van der Waals surface area contributed by atoms with E-state index in [4.69, 9.17) is 25.8 Å². The number of hydrogen-bond donors (Lipinski definition) is 3. The van der Waals surface area contributed by atoms with Crippen LogP contribution in [0.2, 0.25) is 5.02 Å². The van der Waals surface area contributed by atoms with Gasteiger partial charge in [-0.3, -0.25) is 4.79 Å². The summed E-state index contributed by atoms with van der Waals surface area (Å²) in [6.45, 7) is 1.32. The van der Waals surface area contributed by atoms with E-state index in [9.17, 15) is 27.9 Å². The number of amides is 2. The molecule has 8 nitrogen and oxygen atoms in total. The van der Waals surface area contributed by atoms with E-state index in [0.29, 0.717) is 5.02 Å². The van der Waals surface area contributed by atoms with Crippen molar-refractivity contribution in [2.24, 2.45) is 5.92 Å². The average Bonchev–Trinajstić information content (AvgIpc) is 2.77. The van der Waals surface area contributed by atoms with E-state index >= 15 is 0 Å². The van der Waals surface area contributed by atoms with Crippen molar-refractivity contribution in [3.8, 4) is 11.5 Å². The van der Waals surface area contributed by atoms with Gasteiger partial charge in [0.1, 0.15) is 12.5 Å². The first kappa shape index (κ1) is 25.4. The second kappa shape index (κ2) is 9.98. The molecule has 184 valence electrons. The van der Waals surface area contributed by atoms with Gasteiger partial charge in [0.05, 0.1) is 19.8 Å². The molecule has 0 spiro atoms. The second-order valence-electron chi connectivity index (χ2n) is 7.40. The van der Waals surface area contributed by atoms with Gasteiger partial charge in [0.15, 0.2) is 11.5 Å². The van der Waals surface area contributed by atoms with Crippen LogP contribution in [0.4, 0.5) is 18.0 Å². The lowest BCUT2D eigenvalue weighted by atomic mass is 9.82. The van der Waals surface area contributed by atoms with Crippen molar-refractivity contribution in [3.63, 3.8) is 0 Å². The van der Waals surface area contributed by atoms with E-state index < -0.39 is 35.9 Å². The molecule has 12 heteroatoms. The molecule has 0 radical (unpaired) electrons. The first-order chi connectivity index (χ1) is 16.0. The summed E-state index contributed by atoms with van der Waals surface area (Å²) in [6, 6.07) is 8.11. The zero-order valence-corrected chi connectivity index (χ0v) is 18.9. The molecule has 0 saturated carbocycles. The van der Waals surface area contributed by atoms with E-state index in [1.165, 1.54) is 37.5 Å². The Labute approximate surface area is 197 Å². The maximum absolute atomic E-state index is 13.8. The van der Waals surface area contributed by atoms with Crippen molar-refractivity contribution in [2.75, 3.05) is 13.7 Å². The summed E-state index contributed by atoms with van der Waals surface area (Å²) in [4.78, 5) is 24.6. The number of carbonyl (C=O) groups excluding carboxylic acids is 2. The predicted octanol–water partition coefficient (Wildman–Crippen LogP) is 3.71. The van der Waals surface area contributed by atoms with E-state index in [1.807, 2.05) is 0 Å². The van der Waals surface area contributed by atoms with Gasteiger partial charge in [-0.25, -0.2) is 4.79 Å². The van der Waals surface area contributed by atoms with E-state index in [1.54, 1.807) is 24.3 Å². The number of esters is 1. The van der Waals surface area contributed by atoms with Gasteiger partial charge in [0.25, 0.3) is 5.72 Å². The summed E-state index contributed by atoms with van der Waals surface area (Å²) in [7, 11) is 1.32. The number of alkyl halides is 3. The van der Waals surface area contributed by atoms with Crippen LogP contribution in [0.15, 0.2) is 42.5 Å². The number of urea groups is 1. The molecule has 3 atom stereocenters. The van der Waals surface area contributed by atoms with Gasteiger partial charge in [-0.1, -0.05) is 29.8 Å². The highest BCUT2D eigenvalue weighted by atomic mass is 35.5. The Morgan fingerprint density at radius 1 is 1.18 bits per heavy atom. The van der Waals surface area contributed by atoms with Crippen LogP contribution < -0.4 is 20.1 Å². The fourth-order valence-corrected chi connectivity index (χ4v) is 3.68. The smallest absolute Gasteiger partial charge is 0.437 e. The second-order valence-corrected chi connectivity index (χ2v) is 7.83. The SMILES string of the molecule is CCOC(=O)[C@@H]1[C@@H](c2ccc(OCc3ccc(Cl)cc3)c(OC)c2)NC(=O)N[C@]1(O)C(F)(F)F. The highest BCUT2D eigenvalue weighted by Crippen LogP contribution is 2.44. The van der Waals surface area contributed by atoms with Gasteiger partial charge >= 0.3 is 18.2 Å². The first-order valence-electron chi connectivity index (χ1n) is 10.1. The summed E-state index contributed by atoms with van der Waals surface area (Å²) in [5.41, 5.74) is -2.99. The third-order valence-electron chi connectivity index (χ3n) is 5.20. The minimum Gasteiger partial charge on any atom is -0.493 e. The molecular formula is C22H22ClF3N2O6. The quantitative estimate of drug-likeness (QED) is 0.498. The molecule has 0 unspecified atom stereocenters. The fourth-order valence-electron chi connectivity index (χ4n) is 3.55. The highest BCUT2D eigenvalue weighted by Gasteiger charge is 2.67. The summed E-state index contributed by atoms with van der Waals surface area (Å²) < 4.78 is 57.2. The highest BCUT2D eigenvalue weighted by molar-refractivity contribution is 6.30. The molecule has 1 aliphatic rings. The van der Waals surface area contributed by atoms with Crippen LogP contribution in [0.1, 0.15) is 24.1 Å². The fraction of sp³-hybridized carbons (Fsp3) is 0.364. The van der Waals surface area contributed by atoms with E-state index in [0.717, 1.165) is 5.56 Å². The number of halogens is 4. The van der Waals surface area contributed by atoms with Crippen molar-refractivity contribution in [1.82, 2.24) is 10.6 Å². The van der Waals surface area contributed by atoms with Crippen LogP contribution >= 0.6 is 11.6 Å². The zero-order valence-electron chi connectivity index (χ0n) is 18.1. The van der Waals surface area contributed by atoms with Gasteiger partial charge in [-0.2, -0.15) is 13.2 Å². The van der Waals surface area contributed by atoms with Crippen LogP contribution in [0.25, 0.3) is 0 Å². The molecule has 2 amide bonds. The predicted molar refractivity (Wildman–Crippen MR) is 114 cm³/mol. The van der Waals surface area contributed by atoms with Crippen molar-refractivity contribution < 1.29 is 42.1 Å². The Bertz CT molecular complexity index is 1050. The number of benzene rings is 2. The van der Waals surface area contributed by atoms with Crippen LogP contribution in [-0.2, 0) is 16.1 Å². The Kier molecular flexibility index (Phi) is 7.47. The maximum atomic E-state index is 13.8. The monoisotopic (exact) mass is 502 g/mol. The summed E-state index contributed by atoms with van der Waals surface area (Å²) in [5, 5.41) is 14.7. The number of aliphatic hydroxyl groups is 1. The van der Waals surface area contributed by atoms with Crippen LogP contribution in [-0.4, -0.2) is 42.7 Å². The zero-order chi connectivity index (χ0) is 25.1. The van der Waals surface area contributed by atoms with Gasteiger partial charge in [-0.15, -0.1) is 0 Å². The first-order valence-corrected chi connectivity index (χ1v) is 10.5. The summed E-state index contributed by atoms with van der Waals surface area (Å²) >= 11 is 5.86. The lowest BCUT2D eigenvalue weighted by Gasteiger charge is -2.44. The third-order valence-corrected chi connectivity index (χ3v) is 5.45. The molecule has 1 heterocycles. The molecule has 1 aliphatic heterocycles. The largest absolute Gasteiger partial charge is 0.493 e. The maximum Gasteiger partial charge on any atom is 0.437 e. The van der Waals surface area contributed by atoms with Crippen LogP contribution in [0.3, 0.4) is 0 Å². The number of rotatable bonds is 7. The Morgan fingerprint density at radius 3 is 2.44 bits per heavy atom. The average molecular weight is 503 g/mol. The summed E-state index contributed by atoms with van der Waals surface area (Å²) in [6.07, 6.45) is -5.37. The Balaban J connectivity index is 1.95. The number of carbonyl (C=O) groups is 2. The minimum atomic E-state index is -5.37. The molecule has 1 fully saturated rings. The molecule has 2 aromatic rings. The van der Waals surface area contributed by atoms with Crippen molar-refractivity contribution in [1.29, 1.82) is 0 Å². The number of nitrogens with one attached hydrogen (secondary N) is 2. The molecule has 1 saturated heterocycles. The number of ether oxygens (including phenoxy) is 3. The molecular weight excluding hydrogens is 481 g/mol. The molecule has 3 N–H and O–H groups in total. The Hall–Kier alpha value is -3.18. The minimum absolute atomic E-state index is 0.0614. The van der Waals surface area contributed by atoms with Crippen LogP contribution in [0, 0.1) is 5.92 Å². The number of hydrogen-bond acceptors (Lipinski definition) is 6. The lowest BCUT2D eigenvalue weighted by Crippen LogP contribution is -2.73. The molecule has 0 aliphatic carbocycles. The molecule has 0 bridgehead atoms. The standard InChI is InChI=1S/C22H22ClF3N2O6/c1-3-33-19(29)17-18(27-20(30)28-21(17,31)22(24,25)26)13-6-9-15(16(10-13)32-2)34-11-12-4-7-14(23)8-5-12/h4-10,17-18,31H,3,11H2,1-2H3,(H2,27,28,30)/t17-,18+,21+/m0/s1. The van der Waals surface area contributed by atoms with Crippen molar-refractivity contribution in [3.05, 3.63) is 58.6 Å². The van der Waals surface area contributed by atoms with Crippen LogP contribution in [0.5, 0.6) is 11.5 Å². The van der Waals surface area contributed by atoms with Gasteiger partial charge < -0.3 is 30.0 Å². The lowest BCUT2D eigenvalue weighted by molar-refractivity contribution is -0.294. The normalized spacial score (nSPS) is 22.4. The van der Waals surface area contributed by atoms with Gasteiger partial charge in [-0.05, 0) is 42.3 Å². The third kappa shape index (κ3) is 5.15. The topological polar surface area (TPSA) is 106 Å². The molecule has 34 heavy (non-hydrogen) atoms. The van der Waals surface area contributed by atoms with E-state index in [-0.39, 0.29) is 30.3 Å². The molecule has 2 aromatic carbocycles. The van der Waals surface area contributed by atoms with Crippen molar-refractivity contribution >= 4 is 23.6 Å². The Morgan fingerprint density at radius 2 is 1.85 bits per heavy atom. The number of methoxy groups -OCH3 is 1. The van der Waals surface area contributed by atoms with Crippen molar-refractivity contribution in [2.45, 2.75) is 31.5 Å².